The van der Waals surface area contributed by atoms with E-state index in [9.17, 15) is 10.1 Å². The molecule has 6 heteroatoms. The van der Waals surface area contributed by atoms with Crippen LogP contribution in [-0.2, 0) is 0 Å². The highest BCUT2D eigenvalue weighted by molar-refractivity contribution is 5.33. The van der Waals surface area contributed by atoms with Gasteiger partial charge in [0.1, 0.15) is 12.4 Å². The second-order valence-corrected chi connectivity index (χ2v) is 2.79. The van der Waals surface area contributed by atoms with Crippen molar-refractivity contribution in [1.29, 1.82) is 0 Å². The van der Waals surface area contributed by atoms with Crippen LogP contribution in [0.25, 0.3) is 0 Å². The average Bonchev–Trinajstić information content (AvgIpc) is 2.26. The molecule has 15 heavy (non-hydrogen) atoms. The van der Waals surface area contributed by atoms with Gasteiger partial charge in [-0.25, -0.2) is 9.97 Å². The van der Waals surface area contributed by atoms with Crippen molar-refractivity contribution in [3.63, 3.8) is 0 Å². The fraction of sp³-hybridized carbons (Fsp3) is 0.333. The van der Waals surface area contributed by atoms with Crippen LogP contribution in [0.4, 0.5) is 11.6 Å². The van der Waals surface area contributed by atoms with Crippen LogP contribution in [0.2, 0.25) is 0 Å². The molecule has 0 saturated heterocycles. The van der Waals surface area contributed by atoms with E-state index in [2.05, 4.69) is 21.2 Å². The van der Waals surface area contributed by atoms with Gasteiger partial charge >= 0.3 is 5.69 Å². The highest BCUT2D eigenvalue weighted by atomic mass is 16.6. The first-order chi connectivity index (χ1) is 7.17. The van der Waals surface area contributed by atoms with E-state index in [0.717, 1.165) is 18.8 Å². The van der Waals surface area contributed by atoms with Crippen LogP contribution in [0.1, 0.15) is 13.3 Å². The predicted octanol–water partition coefficient (Wildman–Crippen LogP) is 1.21. The number of nitro groups is 1. The van der Waals surface area contributed by atoms with Crippen molar-refractivity contribution in [2.75, 3.05) is 5.32 Å². The SMILES string of the molecule is C#CC(CC)Nc1ncc([N+](=O)[O-])cn1. The molecule has 6 nitrogen and oxygen atoms in total. The summed E-state index contributed by atoms with van der Waals surface area (Å²) in [4.78, 5) is 17.3. The van der Waals surface area contributed by atoms with Crippen molar-refractivity contribution in [3.8, 4) is 12.3 Å². The lowest BCUT2D eigenvalue weighted by Gasteiger charge is -2.09. The molecule has 0 fully saturated rings. The van der Waals surface area contributed by atoms with Crippen LogP contribution in [0.3, 0.4) is 0 Å². The molecule has 0 radical (unpaired) electrons. The number of nitrogens with zero attached hydrogens (tertiary/aromatic N) is 3. The zero-order valence-corrected chi connectivity index (χ0v) is 8.17. The van der Waals surface area contributed by atoms with Gasteiger partial charge in [-0.2, -0.15) is 0 Å². The van der Waals surface area contributed by atoms with E-state index in [1.165, 1.54) is 0 Å². The highest BCUT2D eigenvalue weighted by Crippen LogP contribution is 2.09. The van der Waals surface area contributed by atoms with Gasteiger partial charge in [0.05, 0.1) is 11.0 Å². The normalized spacial score (nSPS) is 11.5. The molecule has 0 aliphatic rings. The molecule has 1 aromatic rings. The van der Waals surface area contributed by atoms with Crippen molar-refractivity contribution in [2.45, 2.75) is 19.4 Å². The maximum atomic E-state index is 10.3. The molecule has 0 bridgehead atoms. The van der Waals surface area contributed by atoms with Gasteiger partial charge in [-0.05, 0) is 6.42 Å². The van der Waals surface area contributed by atoms with Gasteiger partial charge in [-0.3, -0.25) is 10.1 Å². The zero-order valence-electron chi connectivity index (χ0n) is 8.17. The highest BCUT2D eigenvalue weighted by Gasteiger charge is 2.08. The first-order valence-corrected chi connectivity index (χ1v) is 4.36. The van der Waals surface area contributed by atoms with Crippen LogP contribution in [-0.4, -0.2) is 20.9 Å². The molecule has 0 spiro atoms. The van der Waals surface area contributed by atoms with E-state index >= 15 is 0 Å². The molecule has 1 atom stereocenters. The molecule has 0 amide bonds. The number of aromatic nitrogens is 2. The first kappa shape index (κ1) is 10.9. The van der Waals surface area contributed by atoms with Crippen LogP contribution in [0, 0.1) is 22.5 Å². The molecule has 0 saturated carbocycles. The lowest BCUT2D eigenvalue weighted by atomic mass is 10.2. The third kappa shape index (κ3) is 2.91. The summed E-state index contributed by atoms with van der Waals surface area (Å²) >= 11 is 0. The van der Waals surface area contributed by atoms with E-state index in [1.807, 2.05) is 6.92 Å². The number of terminal acetylenes is 1. The molecule has 0 aliphatic heterocycles. The Balaban J connectivity index is 2.73. The summed E-state index contributed by atoms with van der Waals surface area (Å²) < 4.78 is 0. The smallest absolute Gasteiger partial charge is 0.305 e. The fourth-order valence-electron chi connectivity index (χ4n) is 0.907. The molecule has 0 aliphatic carbocycles. The van der Waals surface area contributed by atoms with Gasteiger partial charge in [0.25, 0.3) is 0 Å². The van der Waals surface area contributed by atoms with E-state index in [0.29, 0.717) is 5.95 Å². The summed E-state index contributed by atoms with van der Waals surface area (Å²) in [7, 11) is 0. The maximum Gasteiger partial charge on any atom is 0.305 e. The molecule has 78 valence electrons. The van der Waals surface area contributed by atoms with Crippen molar-refractivity contribution in [1.82, 2.24) is 9.97 Å². The maximum absolute atomic E-state index is 10.3. The van der Waals surface area contributed by atoms with Gasteiger partial charge in [0, 0.05) is 0 Å². The standard InChI is InChI=1S/C9H10N4O2/c1-3-7(4-2)12-9-10-5-8(6-11-9)13(14)15/h1,5-7H,4H2,2H3,(H,10,11,12). The Hall–Kier alpha value is -2.16. The van der Waals surface area contributed by atoms with Crippen molar-refractivity contribution >= 4 is 11.6 Å². The van der Waals surface area contributed by atoms with Crippen molar-refractivity contribution < 1.29 is 4.92 Å². The minimum atomic E-state index is -0.553. The number of hydrogen-bond donors (Lipinski definition) is 1. The Morgan fingerprint density at radius 1 is 1.67 bits per heavy atom. The summed E-state index contributed by atoms with van der Waals surface area (Å²) in [5.74, 6) is 2.81. The van der Waals surface area contributed by atoms with Crippen LogP contribution >= 0.6 is 0 Å². The van der Waals surface area contributed by atoms with Crippen molar-refractivity contribution in [3.05, 3.63) is 22.5 Å². The number of nitrogens with one attached hydrogen (secondary N) is 1. The number of anilines is 1. The van der Waals surface area contributed by atoms with E-state index in [4.69, 9.17) is 6.42 Å². The Bertz CT molecular complexity index is 382. The molecule has 0 aromatic carbocycles. The molecular formula is C9H10N4O2. The van der Waals surface area contributed by atoms with Crippen LogP contribution in [0.5, 0.6) is 0 Å². The molecular weight excluding hydrogens is 196 g/mol. The summed E-state index contributed by atoms with van der Waals surface area (Å²) in [5.41, 5.74) is -0.144. The van der Waals surface area contributed by atoms with Gasteiger partial charge in [-0.1, -0.05) is 12.8 Å². The Morgan fingerprint density at radius 3 is 2.67 bits per heavy atom. The summed E-state index contributed by atoms with van der Waals surface area (Å²) in [6, 6.07) is -0.161. The molecule has 1 unspecified atom stereocenters. The summed E-state index contributed by atoms with van der Waals surface area (Å²) in [6.07, 6.45) is 8.24. The first-order valence-electron chi connectivity index (χ1n) is 4.36. The minimum absolute atomic E-state index is 0.144. The monoisotopic (exact) mass is 206 g/mol. The topological polar surface area (TPSA) is 81.0 Å². The predicted molar refractivity (Wildman–Crippen MR) is 55.2 cm³/mol. The van der Waals surface area contributed by atoms with E-state index in [1.54, 1.807) is 0 Å². The van der Waals surface area contributed by atoms with Gasteiger partial charge in [0.15, 0.2) is 0 Å². The molecule has 1 N–H and O–H groups in total. The average molecular weight is 206 g/mol. The number of rotatable bonds is 4. The lowest BCUT2D eigenvalue weighted by molar-refractivity contribution is -0.385. The molecule has 1 rings (SSSR count). The Kier molecular flexibility index (Phi) is 3.57. The minimum Gasteiger partial charge on any atom is -0.341 e. The third-order valence-corrected chi connectivity index (χ3v) is 1.76. The van der Waals surface area contributed by atoms with E-state index < -0.39 is 4.92 Å². The lowest BCUT2D eigenvalue weighted by Crippen LogP contribution is -2.17. The van der Waals surface area contributed by atoms with Crippen LogP contribution in [0.15, 0.2) is 12.4 Å². The number of hydrogen-bond acceptors (Lipinski definition) is 5. The fourth-order valence-corrected chi connectivity index (χ4v) is 0.907. The van der Waals surface area contributed by atoms with Gasteiger partial charge in [0.2, 0.25) is 5.95 Å². The third-order valence-electron chi connectivity index (χ3n) is 1.76. The second kappa shape index (κ2) is 4.91. The Labute approximate surface area is 86.9 Å². The van der Waals surface area contributed by atoms with Gasteiger partial charge < -0.3 is 5.32 Å². The largest absolute Gasteiger partial charge is 0.341 e. The summed E-state index contributed by atoms with van der Waals surface area (Å²) in [5, 5.41) is 13.2. The van der Waals surface area contributed by atoms with Crippen LogP contribution < -0.4 is 5.32 Å². The van der Waals surface area contributed by atoms with Crippen molar-refractivity contribution in [2.24, 2.45) is 0 Å². The zero-order chi connectivity index (χ0) is 11.3. The molecule has 1 aromatic heterocycles. The summed E-state index contributed by atoms with van der Waals surface area (Å²) in [6.45, 7) is 1.92. The quantitative estimate of drug-likeness (QED) is 0.455. The van der Waals surface area contributed by atoms with E-state index in [-0.39, 0.29) is 11.7 Å². The van der Waals surface area contributed by atoms with Gasteiger partial charge in [-0.15, -0.1) is 6.42 Å². The Morgan fingerprint density at radius 2 is 2.27 bits per heavy atom. The second-order valence-electron chi connectivity index (χ2n) is 2.79. The molecule has 1 heterocycles.